The van der Waals surface area contributed by atoms with Gasteiger partial charge in [-0.3, -0.25) is 9.78 Å². The van der Waals surface area contributed by atoms with Crippen LogP contribution in [-0.4, -0.2) is 66.9 Å². The van der Waals surface area contributed by atoms with Crippen LogP contribution in [0.1, 0.15) is 12.0 Å². The summed E-state index contributed by atoms with van der Waals surface area (Å²) in [5.74, 6) is 0.408. The zero-order valence-corrected chi connectivity index (χ0v) is 18.6. The average molecular weight is 456 g/mol. The molecule has 1 amide bonds. The largest absolute Gasteiger partial charge is 0.504 e. The molecule has 0 saturated carbocycles. The van der Waals surface area contributed by atoms with Crippen LogP contribution >= 0.6 is 0 Å². The molecule has 8 nitrogen and oxygen atoms in total. The number of fused-ring (bicyclic) bond motifs is 1. The Morgan fingerprint density at radius 1 is 1.12 bits per heavy atom. The van der Waals surface area contributed by atoms with E-state index in [2.05, 4.69) is 4.98 Å². The second-order valence-electron chi connectivity index (χ2n) is 7.64. The van der Waals surface area contributed by atoms with Crippen LogP contribution in [0.5, 0.6) is 11.5 Å². The van der Waals surface area contributed by atoms with E-state index in [0.29, 0.717) is 37.1 Å². The van der Waals surface area contributed by atoms with Gasteiger partial charge < -0.3 is 14.7 Å². The number of methoxy groups -OCH3 is 1. The molecule has 1 N–H and O–H groups in total. The van der Waals surface area contributed by atoms with Crippen molar-refractivity contribution in [3.8, 4) is 11.5 Å². The van der Waals surface area contributed by atoms with Gasteiger partial charge in [0.05, 0.1) is 12.0 Å². The molecule has 0 unspecified atom stereocenters. The van der Waals surface area contributed by atoms with Crippen LogP contribution in [-0.2, 0) is 21.2 Å². The third-order valence-electron chi connectivity index (χ3n) is 5.72. The number of carbonyl (C=O) groups is 1. The molecule has 0 bridgehead atoms. The third kappa shape index (κ3) is 4.39. The van der Waals surface area contributed by atoms with Crippen LogP contribution in [0.4, 0.5) is 0 Å². The van der Waals surface area contributed by atoms with Crippen molar-refractivity contribution in [3.05, 3.63) is 60.4 Å². The fourth-order valence-corrected chi connectivity index (χ4v) is 5.56. The summed E-state index contributed by atoms with van der Waals surface area (Å²) in [6.07, 6.45) is 4.05. The zero-order valence-electron chi connectivity index (χ0n) is 17.8. The van der Waals surface area contributed by atoms with Crippen molar-refractivity contribution in [2.75, 3.05) is 33.3 Å². The molecule has 1 aromatic heterocycles. The van der Waals surface area contributed by atoms with Gasteiger partial charge in [-0.25, -0.2) is 8.42 Å². The van der Waals surface area contributed by atoms with Crippen LogP contribution in [0.3, 0.4) is 0 Å². The van der Waals surface area contributed by atoms with Crippen molar-refractivity contribution in [2.45, 2.75) is 17.7 Å². The number of ether oxygens (including phenoxy) is 1. The van der Waals surface area contributed by atoms with E-state index < -0.39 is 10.0 Å². The van der Waals surface area contributed by atoms with E-state index in [1.165, 1.54) is 11.4 Å². The molecule has 4 rings (SSSR count). The monoisotopic (exact) mass is 455 g/mol. The fourth-order valence-electron chi connectivity index (χ4n) is 3.92. The number of piperazine rings is 1. The topological polar surface area (TPSA) is 100 Å². The van der Waals surface area contributed by atoms with Gasteiger partial charge in [-0.1, -0.05) is 18.2 Å². The fraction of sp³-hybridized carbons (Fsp3) is 0.304. The first-order chi connectivity index (χ1) is 15.4. The van der Waals surface area contributed by atoms with Gasteiger partial charge in [0.25, 0.3) is 0 Å². The van der Waals surface area contributed by atoms with Gasteiger partial charge >= 0.3 is 0 Å². The van der Waals surface area contributed by atoms with Crippen molar-refractivity contribution in [2.24, 2.45) is 0 Å². The van der Waals surface area contributed by atoms with Gasteiger partial charge in [-0.05, 0) is 36.2 Å². The zero-order chi connectivity index (χ0) is 22.7. The summed E-state index contributed by atoms with van der Waals surface area (Å²) in [4.78, 5) is 18.7. The van der Waals surface area contributed by atoms with Gasteiger partial charge in [0.2, 0.25) is 15.9 Å². The standard InChI is InChI=1S/C23H25N3O5S/c1-31-21-15-17(5-7-20(21)27)6-8-23(28)25-11-13-26(14-12-25)32(29,30)22-4-2-3-18-16-24-10-9-19(18)22/h2-5,7,9-10,15-16,27H,6,8,11-14H2,1H3. The number of aromatic hydroxyl groups is 1. The van der Waals surface area contributed by atoms with Crippen molar-refractivity contribution < 1.29 is 23.1 Å². The molecule has 1 aliphatic rings. The molecule has 2 aromatic carbocycles. The third-order valence-corrected chi connectivity index (χ3v) is 7.68. The number of aromatic nitrogens is 1. The lowest BCUT2D eigenvalue weighted by Gasteiger charge is -2.34. The van der Waals surface area contributed by atoms with Crippen molar-refractivity contribution in [1.82, 2.24) is 14.2 Å². The maximum atomic E-state index is 13.2. The van der Waals surface area contributed by atoms with Crippen molar-refractivity contribution in [1.29, 1.82) is 0 Å². The highest BCUT2D eigenvalue weighted by Crippen LogP contribution is 2.28. The first-order valence-corrected chi connectivity index (χ1v) is 11.8. The Hall–Kier alpha value is -3.17. The van der Waals surface area contributed by atoms with Gasteiger partial charge in [-0.2, -0.15) is 4.31 Å². The molecule has 3 aromatic rings. The minimum atomic E-state index is -3.67. The number of nitrogens with zero attached hydrogens (tertiary/aromatic N) is 3. The lowest BCUT2D eigenvalue weighted by Crippen LogP contribution is -2.50. The minimum absolute atomic E-state index is 0.0228. The SMILES string of the molecule is COc1cc(CCC(=O)N2CCN(S(=O)(=O)c3cccc4cnccc34)CC2)ccc1O. The summed E-state index contributed by atoms with van der Waals surface area (Å²) in [5.41, 5.74) is 0.889. The molecule has 168 valence electrons. The van der Waals surface area contributed by atoms with Crippen LogP contribution in [0.25, 0.3) is 10.8 Å². The highest BCUT2D eigenvalue weighted by Gasteiger charge is 2.31. The molecule has 0 radical (unpaired) electrons. The molecule has 1 aliphatic heterocycles. The molecule has 9 heteroatoms. The van der Waals surface area contributed by atoms with Gasteiger partial charge in [0, 0.05) is 55.8 Å². The molecule has 0 atom stereocenters. The number of carbonyl (C=O) groups excluding carboxylic acids is 1. The lowest BCUT2D eigenvalue weighted by atomic mass is 10.1. The number of aryl methyl sites for hydroxylation is 1. The summed E-state index contributed by atoms with van der Waals surface area (Å²) >= 11 is 0. The quantitative estimate of drug-likeness (QED) is 0.613. The number of phenols is 1. The Balaban J connectivity index is 1.38. The molecular weight excluding hydrogens is 430 g/mol. The number of amides is 1. The lowest BCUT2D eigenvalue weighted by molar-refractivity contribution is -0.132. The smallest absolute Gasteiger partial charge is 0.243 e. The molecule has 0 aliphatic carbocycles. The average Bonchev–Trinajstić information content (AvgIpc) is 2.83. The molecule has 32 heavy (non-hydrogen) atoms. The summed E-state index contributed by atoms with van der Waals surface area (Å²) in [6.45, 7) is 1.21. The van der Waals surface area contributed by atoms with Crippen LogP contribution in [0, 0.1) is 0 Å². The van der Waals surface area contributed by atoms with Gasteiger partial charge in [-0.15, -0.1) is 0 Å². The highest BCUT2D eigenvalue weighted by molar-refractivity contribution is 7.89. The maximum Gasteiger partial charge on any atom is 0.243 e. The predicted octanol–water partition coefficient (Wildman–Crippen LogP) is 2.41. The first-order valence-electron chi connectivity index (χ1n) is 10.4. The summed E-state index contributed by atoms with van der Waals surface area (Å²) in [6, 6.07) is 11.9. The van der Waals surface area contributed by atoms with E-state index in [-0.39, 0.29) is 29.6 Å². The van der Waals surface area contributed by atoms with E-state index in [0.717, 1.165) is 10.9 Å². The van der Waals surface area contributed by atoms with E-state index in [9.17, 15) is 18.3 Å². The number of rotatable bonds is 6. The second kappa shape index (κ2) is 9.13. The van der Waals surface area contributed by atoms with E-state index in [4.69, 9.17) is 4.74 Å². The van der Waals surface area contributed by atoms with Gasteiger partial charge in [0.1, 0.15) is 0 Å². The number of sulfonamides is 1. The number of hydrogen-bond acceptors (Lipinski definition) is 6. The highest BCUT2D eigenvalue weighted by atomic mass is 32.2. The predicted molar refractivity (Wildman–Crippen MR) is 120 cm³/mol. The van der Waals surface area contributed by atoms with Crippen LogP contribution < -0.4 is 4.74 Å². The Kier molecular flexibility index (Phi) is 6.29. The molecule has 1 saturated heterocycles. The number of benzene rings is 2. The normalized spacial score (nSPS) is 15.1. The molecule has 1 fully saturated rings. The maximum absolute atomic E-state index is 13.2. The van der Waals surface area contributed by atoms with Crippen LogP contribution in [0.2, 0.25) is 0 Å². The Bertz CT molecular complexity index is 1230. The van der Waals surface area contributed by atoms with Crippen LogP contribution in [0.15, 0.2) is 59.8 Å². The molecular formula is C23H25N3O5S. The Morgan fingerprint density at radius 3 is 2.66 bits per heavy atom. The van der Waals surface area contributed by atoms with E-state index >= 15 is 0 Å². The number of phenolic OH excluding ortho intramolecular Hbond substituents is 1. The Labute approximate surface area is 187 Å². The summed E-state index contributed by atoms with van der Waals surface area (Å²) in [5, 5.41) is 11.1. The van der Waals surface area contributed by atoms with Crippen molar-refractivity contribution in [3.63, 3.8) is 0 Å². The first kappa shape index (κ1) is 22.0. The van der Waals surface area contributed by atoms with Gasteiger partial charge in [0.15, 0.2) is 11.5 Å². The van der Waals surface area contributed by atoms with Crippen molar-refractivity contribution >= 4 is 26.7 Å². The number of hydrogen-bond donors (Lipinski definition) is 1. The molecule has 0 spiro atoms. The Morgan fingerprint density at radius 2 is 1.91 bits per heavy atom. The van der Waals surface area contributed by atoms with E-state index in [1.807, 2.05) is 6.07 Å². The van der Waals surface area contributed by atoms with E-state index in [1.54, 1.807) is 53.7 Å². The second-order valence-corrected chi connectivity index (χ2v) is 9.55. The number of pyridine rings is 1. The summed E-state index contributed by atoms with van der Waals surface area (Å²) < 4.78 is 33.0. The molecule has 2 heterocycles. The minimum Gasteiger partial charge on any atom is -0.504 e. The summed E-state index contributed by atoms with van der Waals surface area (Å²) in [7, 11) is -2.20.